The summed E-state index contributed by atoms with van der Waals surface area (Å²) in [6, 6.07) is 0. The van der Waals surface area contributed by atoms with Crippen LogP contribution in [-0.4, -0.2) is 27.4 Å². The van der Waals surface area contributed by atoms with Crippen molar-refractivity contribution in [2.75, 3.05) is 14.1 Å². The van der Waals surface area contributed by atoms with Gasteiger partial charge in [-0.2, -0.15) is 0 Å². The third-order valence-electron chi connectivity index (χ3n) is 0.350. The van der Waals surface area contributed by atoms with Crippen LogP contribution in [0.2, 0.25) is 0 Å². The van der Waals surface area contributed by atoms with Gasteiger partial charge in [-0.1, -0.05) is 0 Å². The number of hydrogen-bond donors (Lipinski definition) is 0. The van der Waals surface area contributed by atoms with Crippen molar-refractivity contribution in [1.29, 1.82) is 0 Å². The van der Waals surface area contributed by atoms with Crippen LogP contribution in [0.3, 0.4) is 0 Å². The molecule has 0 aliphatic heterocycles. The second kappa shape index (κ2) is 2.43. The second-order valence-corrected chi connectivity index (χ2v) is 2.91. The van der Waals surface area contributed by atoms with Crippen molar-refractivity contribution in [3.05, 3.63) is 5.88 Å². The summed E-state index contributed by atoms with van der Waals surface area (Å²) in [5.74, 6) is 0.826. The quantitative estimate of drug-likeness (QED) is 0.503. The van der Waals surface area contributed by atoms with Gasteiger partial charge in [0.1, 0.15) is 0 Å². The van der Waals surface area contributed by atoms with Crippen molar-refractivity contribution in [3.8, 4) is 0 Å². The minimum atomic E-state index is -3.67. The first kappa shape index (κ1) is 7.87. The van der Waals surface area contributed by atoms with Gasteiger partial charge in [-0.15, -0.1) is 5.14 Å². The van der Waals surface area contributed by atoms with Crippen LogP contribution >= 0.6 is 0 Å². The lowest BCUT2D eigenvalue weighted by molar-refractivity contribution is 0.515. The molecule has 48 valence electrons. The minimum Gasteiger partial charge on any atom is -0.290 e. The minimum absolute atomic E-state index is 0.826. The molecule has 0 heterocycles. The zero-order chi connectivity index (χ0) is 6.78. The van der Waals surface area contributed by atoms with E-state index in [1.165, 1.54) is 4.90 Å². The van der Waals surface area contributed by atoms with Gasteiger partial charge >= 0.3 is 0 Å². The molecule has 0 aliphatic rings. The average Bonchev–Trinajstić information content (AvgIpc) is 1.21. The molecule has 5 heteroatoms. The topological polar surface area (TPSA) is 61.2 Å². The Hall–Kier alpha value is -0.130. The fourth-order valence-electron chi connectivity index (χ4n) is 0.278. The van der Waals surface area contributed by atoms with Crippen molar-refractivity contribution in [3.63, 3.8) is 0 Å². The zero-order valence-electron chi connectivity index (χ0n) is 4.75. The van der Waals surface area contributed by atoms with Gasteiger partial charge in [-0.3, -0.25) is 4.90 Å². The van der Waals surface area contributed by atoms with E-state index in [0.29, 0.717) is 0 Å². The van der Waals surface area contributed by atoms with Gasteiger partial charge in [0, 0.05) is 0 Å². The largest absolute Gasteiger partial charge is 0.290 e. The molecule has 1 N–H and O–H groups in total. The van der Waals surface area contributed by atoms with Crippen molar-refractivity contribution in [1.82, 2.24) is 10.0 Å². The summed E-state index contributed by atoms with van der Waals surface area (Å²) in [6.07, 6.45) is 0. The van der Waals surface area contributed by atoms with Gasteiger partial charge in [-0.25, -0.2) is 8.42 Å². The summed E-state index contributed by atoms with van der Waals surface area (Å²) in [7, 11) is -0.577. The van der Waals surface area contributed by atoms with E-state index in [2.05, 4.69) is 0 Å². The molecule has 0 spiro atoms. The Kier molecular flexibility index (Phi) is 2.39. The monoisotopic (exact) mass is 136 g/mol. The number of hydrogen-bond acceptors (Lipinski definition) is 3. The Bertz CT molecular complexity index is 149. The van der Waals surface area contributed by atoms with Crippen LogP contribution in [0.5, 0.6) is 0 Å². The van der Waals surface area contributed by atoms with Crippen LogP contribution in [0.15, 0.2) is 0 Å². The highest BCUT2D eigenvalue weighted by molar-refractivity contribution is 7.90. The molecule has 4 nitrogen and oxygen atoms in total. The summed E-state index contributed by atoms with van der Waals surface area (Å²) in [5, 5.41) is 6.34. The molecule has 0 rings (SSSR count). The predicted molar refractivity (Wildman–Crippen MR) is 30.0 cm³/mol. The van der Waals surface area contributed by atoms with E-state index in [0.717, 1.165) is 5.88 Å². The fraction of sp³-hybridized carbons (Fsp3) is 0.667. The molecule has 2 radical (unpaired) electrons. The molecule has 0 saturated carbocycles. The Labute approximate surface area is 49.3 Å². The number of nitrogens with zero attached hydrogens (tertiary/aromatic N) is 1. The van der Waals surface area contributed by atoms with Crippen LogP contribution < -0.4 is 5.14 Å². The molecule has 0 aromatic carbocycles. The Morgan fingerprint density at radius 2 is 1.88 bits per heavy atom. The standard InChI is InChI=1S/C3H8N2O2S/c1-5(2)3-8(4,6)7/h3-4H,1-2H3. The summed E-state index contributed by atoms with van der Waals surface area (Å²) in [5.41, 5.74) is 0. The van der Waals surface area contributed by atoms with Gasteiger partial charge < -0.3 is 0 Å². The van der Waals surface area contributed by atoms with Gasteiger partial charge in [0.25, 0.3) is 0 Å². The lowest BCUT2D eigenvalue weighted by atomic mass is 11.0. The Morgan fingerprint density at radius 1 is 1.50 bits per heavy atom. The molecule has 0 aromatic heterocycles. The van der Waals surface area contributed by atoms with Crippen LogP contribution in [0.1, 0.15) is 0 Å². The lowest BCUT2D eigenvalue weighted by Gasteiger charge is -2.02. The van der Waals surface area contributed by atoms with E-state index in [-0.39, 0.29) is 0 Å². The van der Waals surface area contributed by atoms with Crippen molar-refractivity contribution in [2.45, 2.75) is 0 Å². The SMILES string of the molecule is CN(C)[CH]S([NH])(=O)=O. The summed E-state index contributed by atoms with van der Waals surface area (Å²) < 4.78 is 20.0. The van der Waals surface area contributed by atoms with Gasteiger partial charge in [0.15, 0.2) is 5.88 Å². The molecule has 0 aliphatic carbocycles. The second-order valence-electron chi connectivity index (χ2n) is 1.61. The molecular formula is C3H8N2O2S. The Morgan fingerprint density at radius 3 is 1.88 bits per heavy atom. The van der Waals surface area contributed by atoms with E-state index in [1.54, 1.807) is 14.1 Å². The van der Waals surface area contributed by atoms with Crippen LogP contribution in [0.25, 0.3) is 0 Å². The van der Waals surface area contributed by atoms with Crippen molar-refractivity contribution < 1.29 is 8.42 Å². The molecule has 0 aromatic rings. The van der Waals surface area contributed by atoms with Crippen molar-refractivity contribution in [2.24, 2.45) is 0 Å². The molecule has 0 atom stereocenters. The van der Waals surface area contributed by atoms with Gasteiger partial charge in [-0.05, 0) is 14.1 Å². The number of nitrogens with one attached hydrogen (secondary N) is 1. The highest BCUT2D eigenvalue weighted by Crippen LogP contribution is 1.88. The highest BCUT2D eigenvalue weighted by Gasteiger charge is 2.04. The third kappa shape index (κ3) is 5.87. The maximum Gasteiger partial charge on any atom is 0.244 e. The van der Waals surface area contributed by atoms with Gasteiger partial charge in [0.05, 0.1) is 0 Å². The van der Waals surface area contributed by atoms with E-state index in [1.807, 2.05) is 0 Å². The maximum absolute atomic E-state index is 10.0. The smallest absolute Gasteiger partial charge is 0.244 e. The van der Waals surface area contributed by atoms with Gasteiger partial charge in [0.2, 0.25) is 10.0 Å². The first-order valence-electron chi connectivity index (χ1n) is 1.93. The summed E-state index contributed by atoms with van der Waals surface area (Å²) >= 11 is 0. The third-order valence-corrected chi connectivity index (χ3v) is 1.05. The van der Waals surface area contributed by atoms with E-state index >= 15 is 0 Å². The maximum atomic E-state index is 10.0. The number of rotatable bonds is 2. The van der Waals surface area contributed by atoms with Crippen molar-refractivity contribution >= 4 is 10.0 Å². The molecule has 0 unspecified atom stereocenters. The highest BCUT2D eigenvalue weighted by atomic mass is 32.2. The molecule has 0 amide bonds. The molecular weight excluding hydrogens is 128 g/mol. The van der Waals surface area contributed by atoms with Crippen LogP contribution in [0.4, 0.5) is 0 Å². The molecule has 0 saturated heterocycles. The summed E-state index contributed by atoms with van der Waals surface area (Å²) in [6.45, 7) is 0. The summed E-state index contributed by atoms with van der Waals surface area (Å²) in [4.78, 5) is 1.31. The van der Waals surface area contributed by atoms with E-state index in [9.17, 15) is 8.42 Å². The molecule has 0 bridgehead atoms. The molecule has 0 fully saturated rings. The molecule has 8 heavy (non-hydrogen) atoms. The fourth-order valence-corrected chi connectivity index (χ4v) is 0.833. The van der Waals surface area contributed by atoms with E-state index in [4.69, 9.17) is 5.14 Å². The number of sulfonamides is 1. The normalized spacial score (nSPS) is 12.5. The Balaban J connectivity index is 3.75. The lowest BCUT2D eigenvalue weighted by Crippen LogP contribution is -2.15. The predicted octanol–water partition coefficient (Wildman–Crippen LogP) is -0.720. The first-order valence-corrected chi connectivity index (χ1v) is 3.47. The first-order chi connectivity index (χ1) is 3.42. The average molecular weight is 136 g/mol. The zero-order valence-corrected chi connectivity index (χ0v) is 5.57. The van der Waals surface area contributed by atoms with E-state index < -0.39 is 10.0 Å². The van der Waals surface area contributed by atoms with Crippen LogP contribution in [-0.2, 0) is 10.0 Å². The van der Waals surface area contributed by atoms with Crippen LogP contribution in [0, 0.1) is 5.88 Å².